The summed E-state index contributed by atoms with van der Waals surface area (Å²) < 4.78 is 36.3. The first-order valence-electron chi connectivity index (χ1n) is 3.93. The van der Waals surface area contributed by atoms with E-state index >= 15 is 0 Å². The van der Waals surface area contributed by atoms with Crippen LogP contribution in [-0.4, -0.2) is 6.98 Å². The molecule has 0 heterocycles. The lowest BCUT2D eigenvalue weighted by molar-refractivity contribution is 0.337. The summed E-state index contributed by atoms with van der Waals surface area (Å²) in [5.41, 5.74) is -0.165. The van der Waals surface area contributed by atoms with Crippen molar-refractivity contribution in [3.63, 3.8) is 0 Å². The summed E-state index contributed by atoms with van der Waals surface area (Å²) in [4.78, 5) is 0. The average molecular weight is 165 g/mol. The molecule has 0 aromatic heterocycles. The summed E-state index contributed by atoms with van der Waals surface area (Å²) in [5, 5.41) is 0. The van der Waals surface area contributed by atoms with E-state index < -0.39 is 12.8 Å². The lowest BCUT2D eigenvalue weighted by Gasteiger charge is -2.21. The van der Waals surface area contributed by atoms with Gasteiger partial charge in [0.05, 0.1) is 0 Å². The molecule has 0 bridgehead atoms. The van der Waals surface area contributed by atoms with Gasteiger partial charge in [0.2, 0.25) is 0 Å². The van der Waals surface area contributed by atoms with Crippen molar-refractivity contribution in [3.05, 3.63) is 0 Å². The van der Waals surface area contributed by atoms with Crippen molar-refractivity contribution in [1.82, 2.24) is 0 Å². The van der Waals surface area contributed by atoms with Gasteiger partial charge in [-0.2, -0.15) is 0 Å². The predicted octanol–water partition coefficient (Wildman–Crippen LogP) is 3.27. The summed E-state index contributed by atoms with van der Waals surface area (Å²) in [6.07, 6.45) is 0.354. The quantitative estimate of drug-likeness (QED) is 0.523. The summed E-state index contributed by atoms with van der Waals surface area (Å²) in [5.74, 6) is -1.09. The molecule has 0 aliphatic heterocycles. The molecule has 0 N–H and O–H groups in total. The zero-order chi connectivity index (χ0) is 8.86. The Morgan fingerprint density at radius 2 is 1.64 bits per heavy atom. The second kappa shape index (κ2) is 2.17. The first kappa shape index (κ1) is 8.95. The number of hydrogen-bond acceptors (Lipinski definition) is 0. The molecule has 1 saturated carbocycles. The molecule has 11 heavy (non-hydrogen) atoms. The minimum atomic E-state index is -4.56. The third kappa shape index (κ3) is 1.91. The van der Waals surface area contributed by atoms with E-state index in [0.29, 0.717) is 6.42 Å². The molecule has 1 rings (SSSR count). The van der Waals surface area contributed by atoms with Gasteiger partial charge in [-0.3, -0.25) is 0 Å². The highest BCUT2D eigenvalue weighted by molar-refractivity contribution is 6.61. The van der Waals surface area contributed by atoms with E-state index in [0.717, 1.165) is 0 Å². The van der Waals surface area contributed by atoms with Gasteiger partial charge in [-0.05, 0) is 5.41 Å². The molecular weight excluding hydrogens is 152 g/mol. The third-order valence-electron chi connectivity index (χ3n) is 2.44. The van der Waals surface area contributed by atoms with Crippen LogP contribution in [0.4, 0.5) is 12.9 Å². The molecule has 2 atom stereocenters. The van der Waals surface area contributed by atoms with Gasteiger partial charge in [-0.15, -0.1) is 0 Å². The van der Waals surface area contributed by atoms with Gasteiger partial charge in [0.1, 0.15) is 0 Å². The van der Waals surface area contributed by atoms with Gasteiger partial charge in [0.25, 0.3) is 0 Å². The average Bonchev–Trinajstić information content (AvgIpc) is 2.30. The Morgan fingerprint density at radius 3 is 1.73 bits per heavy atom. The van der Waals surface area contributed by atoms with Crippen LogP contribution in [0.2, 0.25) is 5.82 Å². The van der Waals surface area contributed by atoms with Gasteiger partial charge in [0.15, 0.2) is 0 Å². The Kier molecular flexibility index (Phi) is 1.77. The first-order valence-corrected chi connectivity index (χ1v) is 3.93. The minimum absolute atomic E-state index is 0.123. The molecule has 0 radical (unpaired) electrons. The van der Waals surface area contributed by atoms with Gasteiger partial charge in [0, 0.05) is 0 Å². The largest absolute Gasteiger partial charge is 0.481 e. The van der Waals surface area contributed by atoms with Crippen molar-refractivity contribution in [2.75, 3.05) is 0 Å². The van der Waals surface area contributed by atoms with Crippen molar-refractivity contribution in [2.45, 2.75) is 33.0 Å². The normalized spacial score (nSPS) is 32.2. The van der Waals surface area contributed by atoms with E-state index in [9.17, 15) is 12.9 Å². The van der Waals surface area contributed by atoms with E-state index in [4.69, 9.17) is 0 Å². The number of halogens is 3. The second-order valence-electron chi connectivity index (χ2n) is 4.50. The minimum Gasteiger partial charge on any atom is -0.449 e. The van der Waals surface area contributed by atoms with E-state index in [2.05, 4.69) is 0 Å². The van der Waals surface area contributed by atoms with Crippen LogP contribution in [0, 0.1) is 11.3 Å². The molecule has 4 heteroatoms. The molecule has 1 aliphatic rings. The van der Waals surface area contributed by atoms with Gasteiger partial charge in [-0.25, -0.2) is 0 Å². The van der Waals surface area contributed by atoms with E-state index in [-0.39, 0.29) is 11.3 Å². The summed E-state index contributed by atoms with van der Waals surface area (Å²) in [6.45, 7) is 1.06. The molecule has 0 amide bonds. The maximum Gasteiger partial charge on any atom is 0.481 e. The lowest BCUT2D eigenvalue weighted by atomic mass is 9.76. The zero-order valence-corrected chi connectivity index (χ0v) is 7.07. The summed E-state index contributed by atoms with van der Waals surface area (Å²) in [7, 11) is 0. The van der Waals surface area contributed by atoms with Crippen molar-refractivity contribution < 1.29 is 12.9 Å². The molecule has 0 aromatic carbocycles. The molecule has 1 fully saturated rings. The molecule has 0 aromatic rings. The fourth-order valence-electron chi connectivity index (χ4n) is 1.63. The van der Waals surface area contributed by atoms with Crippen LogP contribution < -0.4 is 0 Å². The second-order valence-corrected chi connectivity index (χ2v) is 4.50. The highest BCUT2D eigenvalue weighted by Gasteiger charge is 2.54. The highest BCUT2D eigenvalue weighted by atomic mass is 19.4. The van der Waals surface area contributed by atoms with Crippen LogP contribution in [0.5, 0.6) is 0 Å². The SMILES string of the molecule is CC(C)(C)[C@@H]1C[C@H]1[B-](F)(F)F. The monoisotopic (exact) mass is 165 g/mol. The van der Waals surface area contributed by atoms with Crippen LogP contribution in [0.3, 0.4) is 0 Å². The van der Waals surface area contributed by atoms with Crippen LogP contribution >= 0.6 is 0 Å². The first-order chi connectivity index (χ1) is 4.73. The fourth-order valence-corrected chi connectivity index (χ4v) is 1.63. The molecule has 0 spiro atoms. The predicted molar refractivity (Wildman–Crippen MR) is 40.4 cm³/mol. The maximum absolute atomic E-state index is 12.1. The Labute approximate surface area is 65.2 Å². The molecule has 0 nitrogen and oxygen atoms in total. The fraction of sp³-hybridized carbons (Fsp3) is 1.00. The Hall–Kier alpha value is -0.145. The Morgan fingerprint density at radius 1 is 1.18 bits per heavy atom. The van der Waals surface area contributed by atoms with Crippen molar-refractivity contribution in [2.24, 2.45) is 11.3 Å². The number of rotatable bonds is 1. The Balaban J connectivity index is 2.51. The topological polar surface area (TPSA) is 0 Å². The molecule has 1 aliphatic carbocycles. The smallest absolute Gasteiger partial charge is 0.449 e. The Bertz CT molecular complexity index is 138. The van der Waals surface area contributed by atoms with Gasteiger partial charge >= 0.3 is 6.98 Å². The molecular formula is C7H13BF3-. The lowest BCUT2D eigenvalue weighted by Crippen LogP contribution is -2.19. The molecule has 0 saturated heterocycles. The van der Waals surface area contributed by atoms with Crippen LogP contribution in [0.1, 0.15) is 27.2 Å². The standard InChI is InChI=1S/C7H13BF3/c1-7(2,3)5-4-6(5)8(9,10)11/h5-6H,4H2,1-3H3/q-1/t5-,6-/m1/s1. The van der Waals surface area contributed by atoms with Gasteiger partial charge in [-0.1, -0.05) is 38.9 Å². The van der Waals surface area contributed by atoms with E-state index in [1.807, 2.05) is 20.8 Å². The zero-order valence-electron chi connectivity index (χ0n) is 7.07. The molecule has 66 valence electrons. The van der Waals surface area contributed by atoms with Crippen LogP contribution in [0.25, 0.3) is 0 Å². The van der Waals surface area contributed by atoms with Crippen molar-refractivity contribution in [3.8, 4) is 0 Å². The maximum atomic E-state index is 12.1. The van der Waals surface area contributed by atoms with Crippen molar-refractivity contribution in [1.29, 1.82) is 0 Å². The van der Waals surface area contributed by atoms with Crippen LogP contribution in [-0.2, 0) is 0 Å². The van der Waals surface area contributed by atoms with Crippen LogP contribution in [0.15, 0.2) is 0 Å². The van der Waals surface area contributed by atoms with E-state index in [1.54, 1.807) is 0 Å². The van der Waals surface area contributed by atoms with E-state index in [1.165, 1.54) is 0 Å². The number of hydrogen-bond donors (Lipinski definition) is 0. The summed E-state index contributed by atoms with van der Waals surface area (Å²) >= 11 is 0. The third-order valence-corrected chi connectivity index (χ3v) is 2.44. The van der Waals surface area contributed by atoms with Crippen molar-refractivity contribution >= 4 is 6.98 Å². The molecule has 0 unspecified atom stereocenters. The van der Waals surface area contributed by atoms with Gasteiger partial charge < -0.3 is 12.9 Å². The summed E-state index contributed by atoms with van der Waals surface area (Å²) in [6, 6.07) is 0. The highest BCUT2D eigenvalue weighted by Crippen LogP contribution is 2.60.